The van der Waals surface area contributed by atoms with Gasteiger partial charge in [0.05, 0.1) is 10.9 Å². The largest absolute Gasteiger partial charge is 0.386 e. The molecule has 7 nitrogen and oxygen atoms in total. The van der Waals surface area contributed by atoms with Crippen LogP contribution in [0.1, 0.15) is 25.5 Å². The molecule has 0 saturated heterocycles. The highest BCUT2D eigenvalue weighted by molar-refractivity contribution is 7.90. The molecule has 0 bridgehead atoms. The monoisotopic (exact) mass is 377 g/mol. The number of sulfone groups is 1. The number of amides is 1. The molecule has 0 unspecified atom stereocenters. The normalized spacial score (nSPS) is 14.3. The predicted octanol–water partition coefficient (Wildman–Crippen LogP) is 0.977. The lowest BCUT2D eigenvalue weighted by Crippen LogP contribution is -2.47. The molecule has 1 aromatic carbocycles. The third-order valence-electron chi connectivity index (χ3n) is 3.37. The number of halogens is 1. The lowest BCUT2D eigenvalue weighted by atomic mass is 10.0. The summed E-state index contributed by atoms with van der Waals surface area (Å²) in [6, 6.07) is 4.15. The second-order valence-corrected chi connectivity index (χ2v) is 7.31. The molecule has 0 spiro atoms. The van der Waals surface area contributed by atoms with E-state index in [0.717, 1.165) is 6.26 Å². The highest BCUT2D eigenvalue weighted by Gasteiger charge is 2.27. The lowest BCUT2D eigenvalue weighted by molar-refractivity contribution is -0.171. The number of nitrogens with one attached hydrogen (secondary N) is 1. The van der Waals surface area contributed by atoms with Crippen molar-refractivity contribution in [1.29, 1.82) is 0 Å². The molecular weight excluding hydrogens is 353 g/mol. The van der Waals surface area contributed by atoms with Crippen molar-refractivity contribution in [2.75, 3.05) is 26.1 Å². The van der Waals surface area contributed by atoms with Gasteiger partial charge in [-0.25, -0.2) is 12.8 Å². The van der Waals surface area contributed by atoms with Gasteiger partial charge in [-0.3, -0.25) is 4.79 Å². The maximum absolute atomic E-state index is 13.3. The number of benzene rings is 1. The second kappa shape index (κ2) is 9.81. The second-order valence-electron chi connectivity index (χ2n) is 5.30. The van der Waals surface area contributed by atoms with Crippen molar-refractivity contribution in [2.45, 2.75) is 37.2 Å². The number of hydrogen-bond donors (Lipinski definition) is 2. The molecule has 1 aromatic rings. The Labute approximate surface area is 147 Å². The van der Waals surface area contributed by atoms with Crippen LogP contribution >= 0.6 is 0 Å². The zero-order chi connectivity index (χ0) is 19.0. The van der Waals surface area contributed by atoms with Gasteiger partial charge in [0.25, 0.3) is 5.91 Å². The molecule has 0 aliphatic carbocycles. The minimum absolute atomic E-state index is 0.0806. The number of ether oxygens (including phenoxy) is 2. The van der Waals surface area contributed by atoms with Gasteiger partial charge in [0.2, 0.25) is 6.29 Å². The number of carbonyl (C=O) groups excluding carboxylic acids is 1. The minimum Gasteiger partial charge on any atom is -0.386 e. The van der Waals surface area contributed by atoms with Crippen LogP contribution in [0.25, 0.3) is 0 Å². The van der Waals surface area contributed by atoms with Crippen molar-refractivity contribution in [3.63, 3.8) is 0 Å². The fourth-order valence-electron chi connectivity index (χ4n) is 2.10. The molecule has 1 amide bonds. The van der Waals surface area contributed by atoms with Gasteiger partial charge >= 0.3 is 0 Å². The first-order chi connectivity index (χ1) is 11.7. The van der Waals surface area contributed by atoms with Crippen molar-refractivity contribution in [3.8, 4) is 0 Å². The van der Waals surface area contributed by atoms with E-state index in [0.29, 0.717) is 0 Å². The van der Waals surface area contributed by atoms with Crippen LogP contribution in [0, 0.1) is 0 Å². The van der Waals surface area contributed by atoms with Gasteiger partial charge in [-0.05, 0) is 31.5 Å². The molecule has 0 aliphatic rings. The summed E-state index contributed by atoms with van der Waals surface area (Å²) in [7, 11) is -3.37. The summed E-state index contributed by atoms with van der Waals surface area (Å²) in [4.78, 5) is 12.2. The molecule has 0 heterocycles. The zero-order valence-corrected chi connectivity index (χ0v) is 15.3. The van der Waals surface area contributed by atoms with E-state index in [1.165, 1.54) is 24.3 Å². The summed E-state index contributed by atoms with van der Waals surface area (Å²) in [5.74, 6) is -0.696. The Hall–Kier alpha value is -1.55. The van der Waals surface area contributed by atoms with Crippen LogP contribution in [-0.4, -0.2) is 57.9 Å². The van der Waals surface area contributed by atoms with Crippen LogP contribution in [0.2, 0.25) is 0 Å². The summed E-state index contributed by atoms with van der Waals surface area (Å²) in [6.45, 7) is 2.81. The van der Waals surface area contributed by atoms with E-state index in [9.17, 15) is 22.7 Å². The van der Waals surface area contributed by atoms with Crippen LogP contribution in [0.3, 0.4) is 0 Å². The molecule has 2 N–H and O–H groups in total. The van der Waals surface area contributed by atoms with Gasteiger partial charge in [0.1, 0.15) is 12.8 Å². The Morgan fingerprint density at radius 1 is 1.20 bits per heavy atom. The van der Waals surface area contributed by atoms with Crippen LogP contribution in [0.15, 0.2) is 29.2 Å². The number of aliphatic hydroxyl groups is 1. The first-order valence-electron chi connectivity index (χ1n) is 7.82. The van der Waals surface area contributed by atoms with Gasteiger partial charge in [0.15, 0.2) is 9.84 Å². The Bertz CT molecular complexity index is 643. The van der Waals surface area contributed by atoms with Crippen molar-refractivity contribution < 1.29 is 32.2 Å². The molecule has 142 valence electrons. The van der Waals surface area contributed by atoms with Crippen LogP contribution in [0.4, 0.5) is 4.39 Å². The number of hydrogen-bond acceptors (Lipinski definition) is 6. The fraction of sp³-hybridized carbons (Fsp3) is 0.562. The van der Waals surface area contributed by atoms with Crippen molar-refractivity contribution in [3.05, 3.63) is 29.8 Å². The molecular formula is C16H24FNO6S. The highest BCUT2D eigenvalue weighted by Crippen LogP contribution is 2.20. The van der Waals surface area contributed by atoms with Crippen LogP contribution < -0.4 is 5.32 Å². The summed E-state index contributed by atoms with van der Waals surface area (Å²) >= 11 is 0. The first-order valence-corrected chi connectivity index (χ1v) is 9.71. The fourth-order valence-corrected chi connectivity index (χ4v) is 2.73. The molecule has 0 aromatic heterocycles. The SMILES string of the molecule is CCOC(OCC)C(=O)N[C@H](CF)[C@@H](O)c1ccc(S(C)(=O)=O)cc1. The molecule has 0 saturated carbocycles. The smallest absolute Gasteiger partial charge is 0.277 e. The third-order valence-corrected chi connectivity index (χ3v) is 4.50. The van der Waals surface area contributed by atoms with E-state index in [-0.39, 0.29) is 23.7 Å². The Kier molecular flexibility index (Phi) is 8.43. The van der Waals surface area contributed by atoms with Crippen molar-refractivity contribution in [1.82, 2.24) is 5.32 Å². The van der Waals surface area contributed by atoms with Gasteiger partial charge in [0, 0.05) is 19.5 Å². The van der Waals surface area contributed by atoms with Gasteiger partial charge in [-0.15, -0.1) is 0 Å². The molecule has 0 aliphatic heterocycles. The average Bonchev–Trinajstić information content (AvgIpc) is 2.58. The summed E-state index contributed by atoms with van der Waals surface area (Å²) < 4.78 is 46.4. The third kappa shape index (κ3) is 6.35. The molecule has 9 heteroatoms. The molecule has 25 heavy (non-hydrogen) atoms. The van der Waals surface area contributed by atoms with E-state index >= 15 is 0 Å². The predicted molar refractivity (Wildman–Crippen MR) is 89.5 cm³/mol. The molecule has 2 atom stereocenters. The average molecular weight is 377 g/mol. The molecule has 1 rings (SSSR count). The highest BCUT2D eigenvalue weighted by atomic mass is 32.2. The molecule has 0 fully saturated rings. The van der Waals surface area contributed by atoms with Crippen molar-refractivity contribution >= 4 is 15.7 Å². The quantitative estimate of drug-likeness (QED) is 0.589. The van der Waals surface area contributed by atoms with E-state index in [1.807, 2.05) is 0 Å². The Balaban J connectivity index is 2.86. The summed E-state index contributed by atoms with van der Waals surface area (Å²) in [5, 5.41) is 12.6. The van der Waals surface area contributed by atoms with Gasteiger partial charge in [-0.1, -0.05) is 12.1 Å². The van der Waals surface area contributed by atoms with Gasteiger partial charge in [-0.2, -0.15) is 0 Å². The van der Waals surface area contributed by atoms with Crippen molar-refractivity contribution in [2.24, 2.45) is 0 Å². The van der Waals surface area contributed by atoms with E-state index in [4.69, 9.17) is 9.47 Å². The Morgan fingerprint density at radius 3 is 2.12 bits per heavy atom. The summed E-state index contributed by atoms with van der Waals surface area (Å²) in [6.07, 6.45) is -1.49. The number of aliphatic hydroxyl groups excluding tert-OH is 1. The van der Waals surface area contributed by atoms with Crippen LogP contribution in [-0.2, 0) is 24.1 Å². The lowest BCUT2D eigenvalue weighted by Gasteiger charge is -2.24. The maximum atomic E-state index is 13.3. The van der Waals surface area contributed by atoms with E-state index < -0.39 is 40.9 Å². The van der Waals surface area contributed by atoms with Crippen LogP contribution in [0.5, 0.6) is 0 Å². The maximum Gasteiger partial charge on any atom is 0.277 e. The number of rotatable bonds is 10. The van der Waals surface area contributed by atoms with E-state index in [2.05, 4.69) is 5.32 Å². The zero-order valence-electron chi connectivity index (χ0n) is 14.4. The first kappa shape index (κ1) is 21.5. The summed E-state index contributed by atoms with van der Waals surface area (Å²) in [5.41, 5.74) is 0.278. The minimum atomic E-state index is -3.37. The Morgan fingerprint density at radius 2 is 1.72 bits per heavy atom. The standard InChI is InChI=1S/C16H24FNO6S/c1-4-23-16(24-5-2)15(20)18-13(10-17)14(19)11-6-8-12(9-7-11)25(3,21)22/h6-9,13-14,16,19H,4-5,10H2,1-3H3,(H,18,20)/t13-,14+/m1/s1. The number of carbonyl (C=O) groups is 1. The van der Waals surface area contributed by atoms with E-state index in [1.54, 1.807) is 13.8 Å². The number of alkyl halides is 1. The van der Waals surface area contributed by atoms with Gasteiger partial charge < -0.3 is 19.9 Å². The topological polar surface area (TPSA) is 102 Å². The molecule has 0 radical (unpaired) electrons.